The van der Waals surface area contributed by atoms with Gasteiger partial charge in [-0.1, -0.05) is 13.8 Å². The summed E-state index contributed by atoms with van der Waals surface area (Å²) < 4.78 is 0. The van der Waals surface area contributed by atoms with Crippen LogP contribution in [0.5, 0.6) is 0 Å². The molecule has 0 unspecified atom stereocenters. The lowest BCUT2D eigenvalue weighted by molar-refractivity contribution is -0.137. The molecule has 1 aliphatic rings. The number of nitrogens with one attached hydrogen (secondary N) is 1. The minimum Gasteiger partial charge on any atom is -0.342 e. The summed E-state index contributed by atoms with van der Waals surface area (Å²) in [5.74, 6) is 1.14. The van der Waals surface area contributed by atoms with Crippen LogP contribution in [0.1, 0.15) is 20.8 Å². The molecule has 1 fully saturated rings. The molecular weight excluding hydrogens is 164 g/mol. The summed E-state index contributed by atoms with van der Waals surface area (Å²) in [6, 6.07) is 0. The Hall–Kier alpha value is -0.570. The molecule has 0 saturated carbocycles. The Morgan fingerprint density at radius 3 is 2.46 bits per heavy atom. The molecular formula is C10H20N2O. The summed E-state index contributed by atoms with van der Waals surface area (Å²) in [5, 5.41) is 3.13. The van der Waals surface area contributed by atoms with Gasteiger partial charge in [0.1, 0.15) is 0 Å². The Bertz CT molecular complexity index is 176. The fourth-order valence-corrected chi connectivity index (χ4v) is 1.54. The molecule has 3 nitrogen and oxygen atoms in total. The lowest BCUT2D eigenvalue weighted by Crippen LogP contribution is -2.52. The summed E-state index contributed by atoms with van der Waals surface area (Å²) >= 11 is 0. The standard InChI is InChI=1S/C10H20N2O/c1-4-12(7-8(2)3)10(13)9-5-11-6-9/h8-9,11H,4-7H2,1-3H3. The number of hydrogen-bond donors (Lipinski definition) is 1. The fraction of sp³-hybridized carbons (Fsp3) is 0.900. The van der Waals surface area contributed by atoms with Crippen LogP contribution < -0.4 is 5.32 Å². The Morgan fingerprint density at radius 1 is 1.54 bits per heavy atom. The molecule has 3 heteroatoms. The molecule has 1 amide bonds. The highest BCUT2D eigenvalue weighted by molar-refractivity contribution is 5.80. The Labute approximate surface area is 80.5 Å². The van der Waals surface area contributed by atoms with Crippen molar-refractivity contribution in [3.63, 3.8) is 0 Å². The number of amides is 1. The molecule has 0 bridgehead atoms. The topological polar surface area (TPSA) is 32.3 Å². The third kappa shape index (κ3) is 2.69. The molecule has 1 saturated heterocycles. The molecule has 0 radical (unpaired) electrons. The van der Waals surface area contributed by atoms with E-state index < -0.39 is 0 Å². The van der Waals surface area contributed by atoms with Crippen LogP contribution in [0.4, 0.5) is 0 Å². The summed E-state index contributed by atoms with van der Waals surface area (Å²) in [7, 11) is 0. The summed E-state index contributed by atoms with van der Waals surface area (Å²) in [4.78, 5) is 13.7. The summed E-state index contributed by atoms with van der Waals surface area (Å²) in [5.41, 5.74) is 0. The van der Waals surface area contributed by atoms with Crippen molar-refractivity contribution in [3.05, 3.63) is 0 Å². The summed E-state index contributed by atoms with van der Waals surface area (Å²) in [6.45, 7) is 9.82. The van der Waals surface area contributed by atoms with Crippen molar-refractivity contribution < 1.29 is 4.79 Å². The quantitative estimate of drug-likeness (QED) is 0.698. The fourth-order valence-electron chi connectivity index (χ4n) is 1.54. The van der Waals surface area contributed by atoms with Crippen LogP contribution in [0.15, 0.2) is 0 Å². The van der Waals surface area contributed by atoms with Crippen LogP contribution in [0, 0.1) is 11.8 Å². The lowest BCUT2D eigenvalue weighted by atomic mass is 10.0. The molecule has 1 heterocycles. The zero-order chi connectivity index (χ0) is 9.84. The number of carbonyl (C=O) groups excluding carboxylic acids is 1. The second-order valence-corrected chi connectivity index (χ2v) is 4.13. The maximum Gasteiger partial charge on any atom is 0.228 e. The third-order valence-electron chi connectivity index (χ3n) is 2.41. The smallest absolute Gasteiger partial charge is 0.228 e. The highest BCUT2D eigenvalue weighted by Gasteiger charge is 2.28. The van der Waals surface area contributed by atoms with E-state index in [0.717, 1.165) is 26.2 Å². The van der Waals surface area contributed by atoms with Gasteiger partial charge < -0.3 is 10.2 Å². The van der Waals surface area contributed by atoms with Gasteiger partial charge in [-0.15, -0.1) is 0 Å². The molecule has 1 rings (SSSR count). The lowest BCUT2D eigenvalue weighted by Gasteiger charge is -2.32. The van der Waals surface area contributed by atoms with E-state index >= 15 is 0 Å². The van der Waals surface area contributed by atoms with Crippen molar-refractivity contribution >= 4 is 5.91 Å². The van der Waals surface area contributed by atoms with Gasteiger partial charge in [-0.05, 0) is 12.8 Å². The molecule has 0 aromatic heterocycles. The van der Waals surface area contributed by atoms with E-state index in [9.17, 15) is 4.79 Å². The largest absolute Gasteiger partial charge is 0.342 e. The van der Waals surface area contributed by atoms with Gasteiger partial charge in [-0.3, -0.25) is 4.79 Å². The Kier molecular flexibility index (Phi) is 3.72. The van der Waals surface area contributed by atoms with Crippen molar-refractivity contribution in [2.24, 2.45) is 11.8 Å². The summed E-state index contributed by atoms with van der Waals surface area (Å²) in [6.07, 6.45) is 0. The first-order chi connectivity index (χ1) is 6.15. The van der Waals surface area contributed by atoms with Crippen LogP contribution in [0.2, 0.25) is 0 Å². The Morgan fingerprint density at radius 2 is 2.15 bits per heavy atom. The highest BCUT2D eigenvalue weighted by atomic mass is 16.2. The van der Waals surface area contributed by atoms with Gasteiger partial charge in [0, 0.05) is 26.2 Å². The molecule has 0 aromatic carbocycles. The van der Waals surface area contributed by atoms with Crippen molar-refractivity contribution in [2.75, 3.05) is 26.2 Å². The van der Waals surface area contributed by atoms with Gasteiger partial charge in [0.25, 0.3) is 0 Å². The van der Waals surface area contributed by atoms with Crippen LogP contribution in [-0.4, -0.2) is 37.0 Å². The van der Waals surface area contributed by atoms with Gasteiger partial charge in [-0.25, -0.2) is 0 Å². The maximum absolute atomic E-state index is 11.8. The van der Waals surface area contributed by atoms with E-state index in [0.29, 0.717) is 11.8 Å². The normalized spacial score (nSPS) is 17.2. The van der Waals surface area contributed by atoms with E-state index in [2.05, 4.69) is 19.2 Å². The van der Waals surface area contributed by atoms with E-state index in [1.54, 1.807) is 0 Å². The molecule has 0 aliphatic carbocycles. The SMILES string of the molecule is CCN(CC(C)C)C(=O)C1CNC1. The van der Waals surface area contributed by atoms with Crippen LogP contribution >= 0.6 is 0 Å². The molecule has 76 valence electrons. The van der Waals surface area contributed by atoms with E-state index in [1.165, 1.54) is 0 Å². The molecule has 0 atom stereocenters. The van der Waals surface area contributed by atoms with Crippen LogP contribution in [-0.2, 0) is 4.79 Å². The van der Waals surface area contributed by atoms with Gasteiger partial charge >= 0.3 is 0 Å². The van der Waals surface area contributed by atoms with Crippen LogP contribution in [0.25, 0.3) is 0 Å². The van der Waals surface area contributed by atoms with Crippen LogP contribution in [0.3, 0.4) is 0 Å². The zero-order valence-corrected chi connectivity index (χ0v) is 8.84. The van der Waals surface area contributed by atoms with Gasteiger partial charge in [-0.2, -0.15) is 0 Å². The molecule has 1 aliphatic heterocycles. The van der Waals surface area contributed by atoms with Gasteiger partial charge in [0.05, 0.1) is 5.92 Å². The minimum atomic E-state index is 0.249. The number of rotatable bonds is 4. The molecule has 13 heavy (non-hydrogen) atoms. The predicted molar refractivity (Wildman–Crippen MR) is 53.5 cm³/mol. The maximum atomic E-state index is 11.8. The molecule has 0 spiro atoms. The molecule has 1 N–H and O–H groups in total. The second kappa shape index (κ2) is 4.61. The average Bonchev–Trinajstić information content (AvgIpc) is 1.96. The van der Waals surface area contributed by atoms with Gasteiger partial charge in [0.2, 0.25) is 5.91 Å². The Balaban J connectivity index is 2.39. The number of nitrogens with zero attached hydrogens (tertiary/aromatic N) is 1. The van der Waals surface area contributed by atoms with Crippen molar-refractivity contribution in [3.8, 4) is 0 Å². The first kappa shape index (κ1) is 10.5. The van der Waals surface area contributed by atoms with Crippen molar-refractivity contribution in [2.45, 2.75) is 20.8 Å². The van der Waals surface area contributed by atoms with Gasteiger partial charge in [0.15, 0.2) is 0 Å². The highest BCUT2D eigenvalue weighted by Crippen LogP contribution is 2.09. The first-order valence-electron chi connectivity index (χ1n) is 5.14. The monoisotopic (exact) mass is 184 g/mol. The van der Waals surface area contributed by atoms with Crippen molar-refractivity contribution in [1.29, 1.82) is 0 Å². The minimum absolute atomic E-state index is 0.249. The number of carbonyl (C=O) groups is 1. The average molecular weight is 184 g/mol. The second-order valence-electron chi connectivity index (χ2n) is 4.13. The zero-order valence-electron chi connectivity index (χ0n) is 8.84. The number of hydrogen-bond acceptors (Lipinski definition) is 2. The third-order valence-corrected chi connectivity index (χ3v) is 2.41. The van der Waals surface area contributed by atoms with E-state index in [4.69, 9.17) is 0 Å². The van der Waals surface area contributed by atoms with E-state index in [-0.39, 0.29) is 5.92 Å². The first-order valence-corrected chi connectivity index (χ1v) is 5.14. The predicted octanol–water partition coefficient (Wildman–Crippen LogP) is 0.710. The van der Waals surface area contributed by atoms with Crippen molar-refractivity contribution in [1.82, 2.24) is 10.2 Å². The molecule has 0 aromatic rings. The van der Waals surface area contributed by atoms with E-state index in [1.807, 2.05) is 11.8 Å².